The maximum Gasteiger partial charge on any atom is 0.230 e. The zero-order valence-corrected chi connectivity index (χ0v) is 7.92. The predicted octanol–water partition coefficient (Wildman–Crippen LogP) is 0.685. The third kappa shape index (κ3) is 2.87. The Morgan fingerprint density at radius 1 is 1.69 bits per heavy atom. The summed E-state index contributed by atoms with van der Waals surface area (Å²) in [5, 5.41) is 0. The number of hydrazine groups is 1. The molecule has 0 bridgehead atoms. The Hall–Kier alpha value is -1.36. The molecule has 0 aliphatic carbocycles. The monoisotopic (exact) mass is 183 g/mol. The van der Waals surface area contributed by atoms with Crippen molar-refractivity contribution in [3.63, 3.8) is 0 Å². The van der Waals surface area contributed by atoms with Crippen molar-refractivity contribution in [1.82, 2.24) is 15.8 Å². The summed E-state index contributed by atoms with van der Waals surface area (Å²) in [4.78, 5) is 14.6. The van der Waals surface area contributed by atoms with Crippen LogP contribution in [-0.2, 0) is 4.79 Å². The third-order valence-corrected chi connectivity index (χ3v) is 1.47. The maximum atomic E-state index is 10.6. The number of hydrogen-bond donors (Lipinski definition) is 2. The summed E-state index contributed by atoms with van der Waals surface area (Å²) in [6.45, 7) is 5.10. The lowest BCUT2D eigenvalue weighted by molar-refractivity contribution is -0.120. The van der Waals surface area contributed by atoms with Crippen LogP contribution in [0.5, 0.6) is 0 Å². The van der Waals surface area contributed by atoms with E-state index in [0.29, 0.717) is 5.89 Å². The van der Waals surface area contributed by atoms with Gasteiger partial charge < -0.3 is 4.42 Å². The SMILES string of the molecule is CC(=O)NNC(C)c1ncc(C)o1. The second kappa shape index (κ2) is 4.04. The van der Waals surface area contributed by atoms with E-state index < -0.39 is 0 Å². The molecule has 1 unspecified atom stereocenters. The zero-order chi connectivity index (χ0) is 9.84. The van der Waals surface area contributed by atoms with Gasteiger partial charge in [-0.2, -0.15) is 0 Å². The molecule has 5 heteroatoms. The molecule has 0 aromatic carbocycles. The fraction of sp³-hybridized carbons (Fsp3) is 0.500. The van der Waals surface area contributed by atoms with Gasteiger partial charge in [0.05, 0.1) is 12.2 Å². The molecule has 0 saturated heterocycles. The van der Waals surface area contributed by atoms with Gasteiger partial charge in [-0.25, -0.2) is 10.4 Å². The Labute approximate surface area is 76.5 Å². The number of nitrogens with one attached hydrogen (secondary N) is 2. The van der Waals surface area contributed by atoms with Crippen LogP contribution in [0.1, 0.15) is 31.5 Å². The lowest BCUT2D eigenvalue weighted by atomic mass is 10.4. The summed E-state index contributed by atoms with van der Waals surface area (Å²) in [5.41, 5.74) is 5.22. The standard InChI is InChI=1S/C8H13N3O2/c1-5-4-9-8(13-5)6(2)10-11-7(3)12/h4,6,10H,1-3H3,(H,11,12). The van der Waals surface area contributed by atoms with Crippen LogP contribution in [0.4, 0.5) is 0 Å². The van der Waals surface area contributed by atoms with Crippen molar-refractivity contribution >= 4 is 5.91 Å². The Balaban J connectivity index is 2.48. The van der Waals surface area contributed by atoms with E-state index in [1.54, 1.807) is 6.20 Å². The highest BCUT2D eigenvalue weighted by atomic mass is 16.4. The lowest BCUT2D eigenvalue weighted by Crippen LogP contribution is -2.37. The Kier molecular flexibility index (Phi) is 3.02. The summed E-state index contributed by atoms with van der Waals surface area (Å²) in [5.74, 6) is 1.17. The first-order valence-electron chi connectivity index (χ1n) is 4.04. The second-order valence-corrected chi connectivity index (χ2v) is 2.86. The fourth-order valence-electron chi connectivity index (χ4n) is 0.844. The van der Waals surface area contributed by atoms with Crippen LogP contribution >= 0.6 is 0 Å². The minimum Gasteiger partial charge on any atom is -0.444 e. The van der Waals surface area contributed by atoms with E-state index in [0.717, 1.165) is 5.76 Å². The fourth-order valence-corrected chi connectivity index (χ4v) is 0.844. The highest BCUT2D eigenvalue weighted by Gasteiger charge is 2.10. The molecule has 1 rings (SSSR count). The van der Waals surface area contributed by atoms with Gasteiger partial charge in [-0.05, 0) is 13.8 Å². The summed E-state index contributed by atoms with van der Waals surface area (Å²) in [6.07, 6.45) is 1.64. The smallest absolute Gasteiger partial charge is 0.230 e. The van der Waals surface area contributed by atoms with Gasteiger partial charge >= 0.3 is 0 Å². The lowest BCUT2D eigenvalue weighted by Gasteiger charge is -2.09. The van der Waals surface area contributed by atoms with Crippen molar-refractivity contribution in [3.8, 4) is 0 Å². The summed E-state index contributed by atoms with van der Waals surface area (Å²) >= 11 is 0. The Morgan fingerprint density at radius 2 is 2.38 bits per heavy atom. The number of rotatable bonds is 3. The van der Waals surface area contributed by atoms with Crippen LogP contribution in [0.25, 0.3) is 0 Å². The highest BCUT2D eigenvalue weighted by molar-refractivity contribution is 5.72. The number of aryl methyl sites for hydroxylation is 1. The summed E-state index contributed by atoms with van der Waals surface area (Å²) in [6, 6.07) is -0.127. The van der Waals surface area contributed by atoms with Crippen LogP contribution < -0.4 is 10.9 Å². The molecule has 0 fully saturated rings. The van der Waals surface area contributed by atoms with Gasteiger partial charge in [0.1, 0.15) is 5.76 Å². The number of amides is 1. The number of nitrogens with zero attached hydrogens (tertiary/aromatic N) is 1. The van der Waals surface area contributed by atoms with Gasteiger partial charge in [0.15, 0.2) is 0 Å². The molecule has 72 valence electrons. The molecule has 1 atom stereocenters. The van der Waals surface area contributed by atoms with Crippen LogP contribution in [0.15, 0.2) is 10.6 Å². The van der Waals surface area contributed by atoms with Crippen LogP contribution in [0, 0.1) is 6.92 Å². The number of aromatic nitrogens is 1. The van der Waals surface area contributed by atoms with E-state index in [2.05, 4.69) is 15.8 Å². The quantitative estimate of drug-likeness (QED) is 0.676. The summed E-state index contributed by atoms with van der Waals surface area (Å²) in [7, 11) is 0. The van der Waals surface area contributed by atoms with Crippen molar-refractivity contribution < 1.29 is 9.21 Å². The van der Waals surface area contributed by atoms with Crippen molar-refractivity contribution in [2.45, 2.75) is 26.8 Å². The summed E-state index contributed by atoms with van der Waals surface area (Å²) < 4.78 is 5.25. The number of carbonyl (C=O) groups is 1. The van der Waals surface area contributed by atoms with E-state index in [1.165, 1.54) is 6.92 Å². The molecule has 1 heterocycles. The van der Waals surface area contributed by atoms with Gasteiger partial charge in [-0.15, -0.1) is 0 Å². The highest BCUT2D eigenvalue weighted by Crippen LogP contribution is 2.10. The van der Waals surface area contributed by atoms with Crippen molar-refractivity contribution in [1.29, 1.82) is 0 Å². The van der Waals surface area contributed by atoms with Gasteiger partial charge in [0.2, 0.25) is 11.8 Å². The van der Waals surface area contributed by atoms with Gasteiger partial charge in [-0.3, -0.25) is 10.2 Å². The molecule has 1 aromatic rings. The Morgan fingerprint density at radius 3 is 2.85 bits per heavy atom. The molecule has 1 amide bonds. The van der Waals surface area contributed by atoms with Gasteiger partial charge in [0, 0.05) is 6.92 Å². The molecule has 1 aromatic heterocycles. The van der Waals surface area contributed by atoms with E-state index in [4.69, 9.17) is 4.42 Å². The number of oxazole rings is 1. The minimum absolute atomic E-state index is 0.127. The second-order valence-electron chi connectivity index (χ2n) is 2.86. The number of carbonyl (C=O) groups excluding carboxylic acids is 1. The molecular weight excluding hydrogens is 170 g/mol. The molecule has 5 nitrogen and oxygen atoms in total. The van der Waals surface area contributed by atoms with E-state index >= 15 is 0 Å². The largest absolute Gasteiger partial charge is 0.444 e. The topological polar surface area (TPSA) is 67.2 Å². The molecule has 2 N–H and O–H groups in total. The minimum atomic E-state index is -0.143. The number of hydrogen-bond acceptors (Lipinski definition) is 4. The maximum absolute atomic E-state index is 10.6. The van der Waals surface area contributed by atoms with Crippen LogP contribution in [-0.4, -0.2) is 10.9 Å². The average molecular weight is 183 g/mol. The normalized spacial score (nSPS) is 12.5. The molecule has 0 aliphatic heterocycles. The van der Waals surface area contributed by atoms with E-state index in [9.17, 15) is 4.79 Å². The Bertz CT molecular complexity index is 295. The zero-order valence-electron chi connectivity index (χ0n) is 7.92. The molecule has 0 aliphatic rings. The first kappa shape index (κ1) is 9.73. The first-order chi connectivity index (χ1) is 6.09. The average Bonchev–Trinajstić information content (AvgIpc) is 2.47. The first-order valence-corrected chi connectivity index (χ1v) is 4.04. The van der Waals surface area contributed by atoms with Gasteiger partial charge in [-0.1, -0.05) is 0 Å². The third-order valence-electron chi connectivity index (χ3n) is 1.47. The molecule has 0 radical (unpaired) electrons. The molecule has 0 saturated carbocycles. The molecule has 0 spiro atoms. The van der Waals surface area contributed by atoms with Crippen molar-refractivity contribution in [2.75, 3.05) is 0 Å². The van der Waals surface area contributed by atoms with E-state index in [-0.39, 0.29) is 11.9 Å². The van der Waals surface area contributed by atoms with E-state index in [1.807, 2.05) is 13.8 Å². The predicted molar refractivity (Wildman–Crippen MR) is 46.6 cm³/mol. The van der Waals surface area contributed by atoms with Crippen molar-refractivity contribution in [2.24, 2.45) is 0 Å². The molecular formula is C8H13N3O2. The van der Waals surface area contributed by atoms with Gasteiger partial charge in [0.25, 0.3) is 0 Å². The molecule has 13 heavy (non-hydrogen) atoms. The van der Waals surface area contributed by atoms with Crippen LogP contribution in [0.3, 0.4) is 0 Å². The van der Waals surface area contributed by atoms with Crippen molar-refractivity contribution in [3.05, 3.63) is 17.8 Å². The van der Waals surface area contributed by atoms with Crippen LogP contribution in [0.2, 0.25) is 0 Å².